The van der Waals surface area contributed by atoms with Crippen LogP contribution in [0.1, 0.15) is 90.6 Å². The molecule has 0 atom stereocenters. The summed E-state index contributed by atoms with van der Waals surface area (Å²) >= 11 is 15.0. The van der Waals surface area contributed by atoms with Crippen molar-refractivity contribution in [1.82, 2.24) is 49.5 Å². The zero-order valence-corrected chi connectivity index (χ0v) is 48.0. The number of hydrogen-bond donors (Lipinski definition) is 2. The molecule has 2 N–H and O–H groups in total. The number of nitrogens with one attached hydrogen (secondary N) is 2. The minimum atomic E-state index is -0.593. The van der Waals surface area contributed by atoms with Crippen LogP contribution in [0.4, 0.5) is 8.78 Å². The van der Waals surface area contributed by atoms with Crippen molar-refractivity contribution in [3.63, 3.8) is 0 Å². The molecule has 4 aromatic carbocycles. The maximum atomic E-state index is 14.2. The topological polar surface area (TPSA) is 194 Å². The number of aromatic nitrogens is 6. The van der Waals surface area contributed by atoms with Gasteiger partial charge in [0.25, 0.3) is 0 Å². The highest BCUT2D eigenvalue weighted by atomic mass is 79.9. The Bertz CT molecular complexity index is 3730. The van der Waals surface area contributed by atoms with E-state index in [0.29, 0.717) is 39.2 Å². The number of halogens is 5. The molecule has 8 aromatic rings. The number of carbonyl (C=O) groups excluding carboxylic acids is 6. The molecule has 4 amide bonds. The van der Waals surface area contributed by atoms with Crippen LogP contribution < -0.4 is 10.6 Å². The molecule has 4 aromatic heterocycles. The molecule has 21 heteroatoms. The van der Waals surface area contributed by atoms with Crippen LogP contribution in [0.5, 0.6) is 0 Å². The Balaban J connectivity index is 0.000000232. The standard InChI is InChI=1S/C30H27ClFN5O3.C24H24BrClFN3O3.C6H4N2/c1-19(2)37(17-28(39)35-15-22-6-4-7-25(31)30(22)32)29(40)18-36-16-24(20(3)38)23-14-21(8-10-26(23)36)9-11-27-33-12-5-13-34-27;1-14(2)30(12-22(32)28-10-16-5-4-6-20(26)24(16)27)23(33)13-29-11-19(15(3)31)18-9-17(25)7-8-21(18)29;1-2-6-7-4-3-5-8-6/h4-8,10,12-14,16,19H,15,17-18H2,1-3H3,(H,35,39);4-9,11,14H,10,12-13H2,1-3H3,(H,28,32);1,3-5H. The predicted molar refractivity (Wildman–Crippen MR) is 310 cm³/mol. The van der Waals surface area contributed by atoms with Gasteiger partial charge in [-0.25, -0.2) is 28.7 Å². The minimum Gasteiger partial charge on any atom is -0.350 e. The number of nitrogens with zero attached hydrogens (tertiary/aromatic N) is 8. The molecule has 416 valence electrons. The van der Waals surface area contributed by atoms with E-state index in [9.17, 15) is 37.5 Å². The predicted octanol–water partition coefficient (Wildman–Crippen LogP) is 9.79. The van der Waals surface area contributed by atoms with Gasteiger partial charge in [-0.1, -0.05) is 69.3 Å². The zero-order chi connectivity index (χ0) is 58.9. The summed E-state index contributed by atoms with van der Waals surface area (Å²) in [5, 5.41) is 6.65. The van der Waals surface area contributed by atoms with Crippen molar-refractivity contribution in [2.24, 2.45) is 0 Å². The highest BCUT2D eigenvalue weighted by Gasteiger charge is 2.25. The first-order valence-electron chi connectivity index (χ1n) is 25.1. The maximum absolute atomic E-state index is 14.2. The van der Waals surface area contributed by atoms with Crippen molar-refractivity contribution in [2.75, 3.05) is 13.1 Å². The first-order valence-corrected chi connectivity index (χ1v) is 26.6. The monoisotopic (exact) mass is 1200 g/mol. The summed E-state index contributed by atoms with van der Waals surface area (Å²) in [6.45, 7) is 9.58. The van der Waals surface area contributed by atoms with Gasteiger partial charge in [-0.3, -0.25) is 28.8 Å². The van der Waals surface area contributed by atoms with Gasteiger partial charge in [-0.05, 0) is 114 Å². The molecule has 0 aliphatic heterocycles. The summed E-state index contributed by atoms with van der Waals surface area (Å²) in [6, 6.07) is 23.0. The number of ketones is 2. The summed E-state index contributed by atoms with van der Waals surface area (Å²) in [5.41, 5.74) is 3.60. The molecule has 4 heterocycles. The molecule has 0 saturated heterocycles. The number of Topliss-reactive ketones (excluding diaryl/α,β-unsaturated/α-hetero) is 2. The third-order valence-electron chi connectivity index (χ3n) is 12.2. The van der Waals surface area contributed by atoms with E-state index in [2.05, 4.69) is 64.3 Å². The van der Waals surface area contributed by atoms with Gasteiger partial charge in [0.15, 0.2) is 11.6 Å². The van der Waals surface area contributed by atoms with Gasteiger partial charge in [0.1, 0.15) is 24.7 Å². The molecule has 81 heavy (non-hydrogen) atoms. The number of rotatable bonds is 16. The summed E-state index contributed by atoms with van der Waals surface area (Å²) in [7, 11) is 0. The molecule has 0 radical (unpaired) electrons. The third-order valence-corrected chi connectivity index (χ3v) is 13.3. The van der Waals surface area contributed by atoms with E-state index >= 15 is 0 Å². The van der Waals surface area contributed by atoms with Crippen molar-refractivity contribution in [1.29, 1.82) is 0 Å². The van der Waals surface area contributed by atoms with Gasteiger partial charge in [0.2, 0.25) is 35.3 Å². The molecular weight excluding hydrogens is 1150 g/mol. The van der Waals surface area contributed by atoms with Crippen LogP contribution in [0.25, 0.3) is 21.8 Å². The number of hydrogen-bond acceptors (Lipinski definition) is 10. The molecule has 16 nitrogen and oxygen atoms in total. The third kappa shape index (κ3) is 16.9. The number of fused-ring (bicyclic) bond motifs is 2. The fraction of sp³-hybridized carbons (Fsp3) is 0.233. The lowest BCUT2D eigenvalue weighted by atomic mass is 10.1. The second kappa shape index (κ2) is 29.0. The van der Waals surface area contributed by atoms with Crippen molar-refractivity contribution in [3.8, 4) is 24.2 Å². The largest absolute Gasteiger partial charge is 0.350 e. The van der Waals surface area contributed by atoms with E-state index < -0.39 is 23.4 Å². The van der Waals surface area contributed by atoms with E-state index in [-0.39, 0.29) is 95.9 Å². The fourth-order valence-corrected chi connectivity index (χ4v) is 8.85. The van der Waals surface area contributed by atoms with Gasteiger partial charge >= 0.3 is 0 Å². The summed E-state index contributed by atoms with van der Waals surface area (Å²) in [4.78, 5) is 94.7. The molecular formula is C60H55BrCl2F2N10O6. The Kier molecular flexibility index (Phi) is 22.1. The van der Waals surface area contributed by atoms with Gasteiger partial charge in [-0.2, -0.15) is 0 Å². The molecule has 0 aliphatic carbocycles. The molecule has 0 aliphatic rings. The van der Waals surface area contributed by atoms with E-state index in [0.717, 1.165) is 15.4 Å². The van der Waals surface area contributed by atoms with E-state index in [1.54, 1.807) is 103 Å². The summed E-state index contributed by atoms with van der Waals surface area (Å²) in [6.07, 6.45) is 14.7. The molecule has 0 saturated carbocycles. The summed E-state index contributed by atoms with van der Waals surface area (Å²) < 4.78 is 32.4. The van der Waals surface area contributed by atoms with Crippen LogP contribution in [0.15, 0.2) is 127 Å². The SMILES string of the molecule is C#Cc1ncccn1.CC(=O)c1cn(CC(=O)N(CC(=O)NCc2cccc(Cl)c2F)C(C)C)c2ccc(Br)cc12.CC(=O)c1cn(CC(=O)N(CC(=O)NCc2cccc(Cl)c2F)C(C)C)c2ccc(C#Cc3ncccn3)cc12. The number of carbonyl (C=O) groups is 6. The van der Waals surface area contributed by atoms with E-state index in [4.69, 9.17) is 29.6 Å². The van der Waals surface area contributed by atoms with E-state index in [1.165, 1.54) is 47.9 Å². The van der Waals surface area contributed by atoms with Crippen LogP contribution in [0.3, 0.4) is 0 Å². The zero-order valence-electron chi connectivity index (χ0n) is 44.9. The summed E-state index contributed by atoms with van der Waals surface area (Å²) in [5.74, 6) is 6.17. The molecule has 0 bridgehead atoms. The first-order chi connectivity index (χ1) is 38.6. The Labute approximate surface area is 485 Å². The Morgan fingerprint density at radius 2 is 1.05 bits per heavy atom. The first kappa shape index (κ1) is 61.6. The fourth-order valence-electron chi connectivity index (χ4n) is 8.10. The van der Waals surface area contributed by atoms with Crippen LogP contribution in [0, 0.1) is 35.8 Å². The minimum absolute atomic E-state index is 0.0170. The molecule has 0 spiro atoms. The molecule has 0 unspecified atom stereocenters. The van der Waals surface area contributed by atoms with Crippen molar-refractivity contribution in [3.05, 3.63) is 188 Å². The Morgan fingerprint density at radius 3 is 1.47 bits per heavy atom. The maximum Gasteiger partial charge on any atom is 0.243 e. The average molecular weight is 1200 g/mol. The van der Waals surface area contributed by atoms with E-state index in [1.807, 2.05) is 32.0 Å². The highest BCUT2D eigenvalue weighted by molar-refractivity contribution is 9.10. The number of benzene rings is 4. The Morgan fingerprint density at radius 1 is 0.617 bits per heavy atom. The van der Waals surface area contributed by atoms with Crippen molar-refractivity contribution in [2.45, 2.75) is 79.8 Å². The lowest BCUT2D eigenvalue weighted by Gasteiger charge is -2.26. The molecule has 8 rings (SSSR count). The van der Waals surface area contributed by atoms with Crippen LogP contribution in [-0.4, -0.2) is 99.2 Å². The van der Waals surface area contributed by atoms with Gasteiger partial charge in [0, 0.05) is 116 Å². The normalized spacial score (nSPS) is 10.6. The van der Waals surface area contributed by atoms with Crippen LogP contribution in [0.2, 0.25) is 10.0 Å². The lowest BCUT2D eigenvalue weighted by Crippen LogP contribution is -2.45. The van der Waals surface area contributed by atoms with Gasteiger partial charge < -0.3 is 29.6 Å². The quantitative estimate of drug-likeness (QED) is 0.0695. The lowest BCUT2D eigenvalue weighted by molar-refractivity contribution is -0.138. The van der Waals surface area contributed by atoms with Gasteiger partial charge in [-0.15, -0.1) is 6.42 Å². The Hall–Kier alpha value is -8.62. The highest BCUT2D eigenvalue weighted by Crippen LogP contribution is 2.27. The second-order valence-electron chi connectivity index (χ2n) is 18.6. The van der Waals surface area contributed by atoms with Crippen LogP contribution >= 0.6 is 39.1 Å². The second-order valence-corrected chi connectivity index (χ2v) is 20.3. The number of terminal acetylenes is 1. The number of amides is 4. The van der Waals surface area contributed by atoms with Crippen molar-refractivity contribution < 1.29 is 37.5 Å². The molecule has 0 fully saturated rings. The average Bonchev–Trinajstić information content (AvgIpc) is 4.15. The van der Waals surface area contributed by atoms with Crippen LogP contribution in [-0.2, 0) is 45.4 Å². The smallest absolute Gasteiger partial charge is 0.243 e. The van der Waals surface area contributed by atoms with Gasteiger partial charge in [0.05, 0.1) is 23.1 Å². The van der Waals surface area contributed by atoms with Crippen molar-refractivity contribution >= 4 is 96.1 Å².